The molecule has 1 aromatic rings. The van der Waals surface area contributed by atoms with Gasteiger partial charge in [0.05, 0.1) is 18.6 Å². The minimum absolute atomic E-state index is 0.145. The molecule has 0 saturated carbocycles. The molecule has 3 nitrogen and oxygen atoms in total. The highest BCUT2D eigenvalue weighted by molar-refractivity contribution is 6.76. The Kier molecular flexibility index (Phi) is 9.70. The monoisotopic (exact) mass is 406 g/mol. The Bertz CT molecular complexity index is 586. The van der Waals surface area contributed by atoms with Gasteiger partial charge in [-0.25, -0.2) is 0 Å². The van der Waals surface area contributed by atoms with Gasteiger partial charge < -0.3 is 9.16 Å². The van der Waals surface area contributed by atoms with Gasteiger partial charge in [-0.2, -0.15) is 0 Å². The quantitative estimate of drug-likeness (QED) is 0.260. The lowest BCUT2D eigenvalue weighted by atomic mass is 9.96. The standard InChI is InChI=1S/C22H38O3Si2/c1-8-24-22(23)20(15-12-18-26(2,3)4)21(25-27(5,6)7)17-16-19-13-10-9-11-14-19/h9-15,20-21H,8,16-18H2,1-7H3/b15-12+/t20-,21-/m1/s1. The first-order chi connectivity index (χ1) is 12.5. The molecule has 0 N–H and O–H groups in total. The third kappa shape index (κ3) is 10.7. The maximum atomic E-state index is 12.7. The first-order valence-corrected chi connectivity index (χ1v) is 17.2. The van der Waals surface area contributed by atoms with Crippen LogP contribution in [0.15, 0.2) is 42.5 Å². The van der Waals surface area contributed by atoms with Gasteiger partial charge in [0.2, 0.25) is 0 Å². The first-order valence-electron chi connectivity index (χ1n) is 10.1. The Balaban J connectivity index is 3.01. The summed E-state index contributed by atoms with van der Waals surface area (Å²) in [6, 6.07) is 11.5. The molecular weight excluding hydrogens is 368 g/mol. The van der Waals surface area contributed by atoms with Crippen molar-refractivity contribution in [3.63, 3.8) is 0 Å². The zero-order chi connectivity index (χ0) is 20.5. The van der Waals surface area contributed by atoms with E-state index in [4.69, 9.17) is 9.16 Å². The SMILES string of the molecule is CCOC(=O)[C@H](/C=C/C[Si](C)(C)C)[C@@H](CCc1ccccc1)O[Si](C)(C)C. The molecule has 0 unspecified atom stereocenters. The Hall–Kier alpha value is -1.18. The molecule has 0 heterocycles. The normalized spacial score (nSPS) is 14.9. The lowest BCUT2D eigenvalue weighted by molar-refractivity contribution is -0.149. The highest BCUT2D eigenvalue weighted by Gasteiger charge is 2.32. The predicted molar refractivity (Wildman–Crippen MR) is 120 cm³/mol. The number of aryl methyl sites for hydroxylation is 1. The molecule has 0 fully saturated rings. The largest absolute Gasteiger partial charge is 0.465 e. The van der Waals surface area contributed by atoms with Gasteiger partial charge in [-0.3, -0.25) is 4.79 Å². The van der Waals surface area contributed by atoms with Crippen molar-refractivity contribution in [2.75, 3.05) is 6.61 Å². The van der Waals surface area contributed by atoms with Gasteiger partial charge in [0.1, 0.15) is 0 Å². The smallest absolute Gasteiger partial charge is 0.315 e. The Morgan fingerprint density at radius 1 is 1.07 bits per heavy atom. The molecule has 1 aromatic carbocycles. The summed E-state index contributed by atoms with van der Waals surface area (Å²) in [4.78, 5) is 12.7. The number of benzene rings is 1. The fourth-order valence-electron chi connectivity index (χ4n) is 2.88. The first kappa shape index (κ1) is 23.9. The van der Waals surface area contributed by atoms with Crippen LogP contribution >= 0.6 is 0 Å². The molecule has 27 heavy (non-hydrogen) atoms. The zero-order valence-corrected chi connectivity index (χ0v) is 20.2. The fraction of sp³-hybridized carbons (Fsp3) is 0.591. The van der Waals surface area contributed by atoms with Crippen molar-refractivity contribution in [3.8, 4) is 0 Å². The number of rotatable bonds is 11. The van der Waals surface area contributed by atoms with Crippen molar-refractivity contribution >= 4 is 22.4 Å². The van der Waals surface area contributed by atoms with Crippen LogP contribution in [0.25, 0.3) is 0 Å². The van der Waals surface area contributed by atoms with Crippen molar-refractivity contribution in [1.82, 2.24) is 0 Å². The third-order valence-corrected chi connectivity index (χ3v) is 6.57. The minimum atomic E-state index is -1.80. The van der Waals surface area contributed by atoms with Crippen LogP contribution in [0.1, 0.15) is 18.9 Å². The summed E-state index contributed by atoms with van der Waals surface area (Å²) in [7, 11) is -3.00. The number of hydrogen-bond acceptors (Lipinski definition) is 3. The average Bonchev–Trinajstić information content (AvgIpc) is 2.55. The lowest BCUT2D eigenvalue weighted by Crippen LogP contribution is -2.39. The number of ether oxygens (including phenoxy) is 1. The van der Waals surface area contributed by atoms with Gasteiger partial charge in [-0.1, -0.05) is 62.1 Å². The molecule has 2 atom stereocenters. The second kappa shape index (κ2) is 11.0. The van der Waals surface area contributed by atoms with Crippen molar-refractivity contribution in [2.45, 2.75) is 71.2 Å². The molecular formula is C22H38O3Si2. The van der Waals surface area contributed by atoms with Crippen molar-refractivity contribution in [3.05, 3.63) is 48.0 Å². The Morgan fingerprint density at radius 3 is 2.22 bits per heavy atom. The van der Waals surface area contributed by atoms with Crippen LogP contribution < -0.4 is 0 Å². The van der Waals surface area contributed by atoms with Crippen LogP contribution in [0.2, 0.25) is 45.3 Å². The maximum Gasteiger partial charge on any atom is 0.315 e. The van der Waals surface area contributed by atoms with Crippen LogP contribution in [0.3, 0.4) is 0 Å². The molecule has 0 amide bonds. The molecule has 1 rings (SSSR count). The van der Waals surface area contributed by atoms with Crippen LogP contribution in [-0.2, 0) is 20.4 Å². The summed E-state index contributed by atoms with van der Waals surface area (Å²) in [5.74, 6) is -0.502. The van der Waals surface area contributed by atoms with E-state index >= 15 is 0 Å². The van der Waals surface area contributed by atoms with Gasteiger partial charge in [0, 0.05) is 8.07 Å². The van der Waals surface area contributed by atoms with Crippen molar-refractivity contribution in [1.29, 1.82) is 0 Å². The van der Waals surface area contributed by atoms with Crippen LogP contribution in [0.5, 0.6) is 0 Å². The molecule has 0 spiro atoms. The summed E-state index contributed by atoms with van der Waals surface area (Å²) in [6.45, 7) is 15.8. The van der Waals surface area contributed by atoms with E-state index < -0.39 is 16.4 Å². The van der Waals surface area contributed by atoms with E-state index in [0.29, 0.717) is 6.61 Å². The summed E-state index contributed by atoms with van der Waals surface area (Å²) < 4.78 is 11.9. The number of hydrogen-bond donors (Lipinski definition) is 0. The van der Waals surface area contributed by atoms with E-state index in [-0.39, 0.29) is 18.0 Å². The van der Waals surface area contributed by atoms with E-state index in [1.54, 1.807) is 0 Å². The van der Waals surface area contributed by atoms with E-state index in [1.807, 2.05) is 19.1 Å². The zero-order valence-electron chi connectivity index (χ0n) is 18.2. The molecule has 0 saturated heterocycles. The van der Waals surface area contributed by atoms with Gasteiger partial charge in [-0.15, -0.1) is 0 Å². The molecule has 152 valence electrons. The topological polar surface area (TPSA) is 35.5 Å². The number of allylic oxidation sites excluding steroid dienone is 1. The molecule has 5 heteroatoms. The van der Waals surface area contributed by atoms with Crippen LogP contribution in [0.4, 0.5) is 0 Å². The van der Waals surface area contributed by atoms with Gasteiger partial charge in [0.15, 0.2) is 8.32 Å². The molecule has 0 radical (unpaired) electrons. The van der Waals surface area contributed by atoms with Crippen LogP contribution in [0, 0.1) is 5.92 Å². The van der Waals surface area contributed by atoms with E-state index in [1.165, 1.54) is 5.56 Å². The number of carbonyl (C=O) groups is 1. The second-order valence-electron chi connectivity index (χ2n) is 9.26. The van der Waals surface area contributed by atoms with E-state index in [0.717, 1.165) is 18.9 Å². The lowest BCUT2D eigenvalue weighted by Gasteiger charge is -2.30. The van der Waals surface area contributed by atoms with E-state index in [2.05, 4.69) is 69.6 Å². The summed E-state index contributed by atoms with van der Waals surface area (Å²) in [6.07, 6.45) is 5.79. The molecule has 0 aliphatic carbocycles. The molecule has 0 bridgehead atoms. The van der Waals surface area contributed by atoms with E-state index in [9.17, 15) is 4.79 Å². The molecule has 0 aromatic heterocycles. The summed E-state index contributed by atoms with van der Waals surface area (Å²) >= 11 is 0. The van der Waals surface area contributed by atoms with Crippen LogP contribution in [-0.4, -0.2) is 35.1 Å². The highest BCUT2D eigenvalue weighted by Crippen LogP contribution is 2.23. The summed E-state index contributed by atoms with van der Waals surface area (Å²) in [5.41, 5.74) is 1.27. The predicted octanol–water partition coefficient (Wildman–Crippen LogP) is 5.91. The maximum absolute atomic E-state index is 12.7. The third-order valence-electron chi connectivity index (χ3n) is 4.10. The highest BCUT2D eigenvalue weighted by atomic mass is 28.4. The van der Waals surface area contributed by atoms with Gasteiger partial charge in [-0.05, 0) is 51.0 Å². The average molecular weight is 407 g/mol. The fourth-order valence-corrected chi connectivity index (χ4v) is 4.90. The summed E-state index contributed by atoms with van der Waals surface area (Å²) in [5, 5.41) is 0. The van der Waals surface area contributed by atoms with Gasteiger partial charge >= 0.3 is 5.97 Å². The van der Waals surface area contributed by atoms with Gasteiger partial charge in [0.25, 0.3) is 0 Å². The Labute approximate surface area is 168 Å². The molecule has 0 aliphatic rings. The number of esters is 1. The Morgan fingerprint density at radius 2 is 1.70 bits per heavy atom. The van der Waals surface area contributed by atoms with Crippen molar-refractivity contribution < 1.29 is 14.0 Å². The van der Waals surface area contributed by atoms with Crippen molar-refractivity contribution in [2.24, 2.45) is 5.92 Å². The minimum Gasteiger partial charge on any atom is -0.465 e. The molecule has 0 aliphatic heterocycles. The number of carbonyl (C=O) groups excluding carboxylic acids is 1. The second-order valence-corrected chi connectivity index (χ2v) is 19.3.